The number of hydrogen-bond donors (Lipinski definition) is 1. The summed E-state index contributed by atoms with van der Waals surface area (Å²) in [5.74, 6) is -0.277. The van der Waals surface area contributed by atoms with Crippen LogP contribution in [0.5, 0.6) is 0 Å². The van der Waals surface area contributed by atoms with Crippen molar-refractivity contribution in [3.8, 4) is 0 Å². The van der Waals surface area contributed by atoms with E-state index in [0.717, 1.165) is 16.2 Å². The van der Waals surface area contributed by atoms with E-state index in [1.807, 2.05) is 20.0 Å². The second-order valence-corrected chi connectivity index (χ2v) is 7.78. The molecule has 0 bridgehead atoms. The molecule has 11 heteroatoms. The maximum atomic E-state index is 12.5. The average molecular weight is 484 g/mol. The molecule has 0 unspecified atom stereocenters. The van der Waals surface area contributed by atoms with Gasteiger partial charge in [-0.1, -0.05) is 32.0 Å². The van der Waals surface area contributed by atoms with Gasteiger partial charge in [-0.2, -0.15) is 10.2 Å². The van der Waals surface area contributed by atoms with E-state index in [2.05, 4.69) is 10.2 Å². The summed E-state index contributed by atoms with van der Waals surface area (Å²) in [6.45, 7) is 6.04. The molecule has 0 radical (unpaired) electrons. The molecule has 1 aromatic carbocycles. The highest BCUT2D eigenvalue weighted by atomic mass is 32.2. The SMILES string of the molecule is CC.Cc1c(Sn2cc3c(n2)CN(C(=O)CCO)C3)cnn1CC(F)F.Fc1ccccc1. The summed E-state index contributed by atoms with van der Waals surface area (Å²) in [6, 6.07) is 7.94. The van der Waals surface area contributed by atoms with E-state index < -0.39 is 13.0 Å². The largest absolute Gasteiger partial charge is 0.396 e. The monoisotopic (exact) mass is 483 g/mol. The average Bonchev–Trinajstić information content (AvgIpc) is 3.46. The normalized spacial score (nSPS) is 12.1. The molecule has 4 rings (SSSR count). The van der Waals surface area contributed by atoms with Crippen molar-refractivity contribution in [3.63, 3.8) is 0 Å². The third kappa shape index (κ3) is 7.64. The number of aliphatic hydroxyl groups excluding tert-OH is 1. The van der Waals surface area contributed by atoms with Crippen LogP contribution in [0.2, 0.25) is 0 Å². The number of aromatic nitrogens is 4. The molecule has 0 fully saturated rings. The van der Waals surface area contributed by atoms with Crippen LogP contribution < -0.4 is 0 Å². The number of alkyl halides is 2. The predicted octanol–water partition coefficient (Wildman–Crippen LogP) is 4.29. The molecule has 33 heavy (non-hydrogen) atoms. The van der Waals surface area contributed by atoms with Gasteiger partial charge in [0.2, 0.25) is 5.91 Å². The highest BCUT2D eigenvalue weighted by Gasteiger charge is 2.26. The number of benzene rings is 1. The zero-order valence-corrected chi connectivity index (χ0v) is 19.6. The third-order valence-corrected chi connectivity index (χ3v) is 5.50. The van der Waals surface area contributed by atoms with Crippen LogP contribution in [-0.4, -0.2) is 47.9 Å². The number of carbonyl (C=O) groups is 1. The first-order chi connectivity index (χ1) is 15.9. The molecule has 2 aromatic heterocycles. The maximum Gasteiger partial charge on any atom is 0.257 e. The number of halogens is 3. The van der Waals surface area contributed by atoms with Crippen LogP contribution in [0.4, 0.5) is 13.2 Å². The quantitative estimate of drug-likeness (QED) is 0.566. The van der Waals surface area contributed by atoms with E-state index in [1.54, 1.807) is 40.3 Å². The predicted molar refractivity (Wildman–Crippen MR) is 120 cm³/mol. The second-order valence-electron chi connectivity index (χ2n) is 6.78. The van der Waals surface area contributed by atoms with Gasteiger partial charge in [-0.25, -0.2) is 17.3 Å². The Morgan fingerprint density at radius 3 is 2.45 bits per heavy atom. The summed E-state index contributed by atoms with van der Waals surface area (Å²) in [7, 11) is 0. The van der Waals surface area contributed by atoms with Gasteiger partial charge in [-0.15, -0.1) is 0 Å². The van der Waals surface area contributed by atoms with Crippen LogP contribution in [0.15, 0.2) is 47.6 Å². The summed E-state index contributed by atoms with van der Waals surface area (Å²) in [4.78, 5) is 14.2. The maximum absolute atomic E-state index is 12.5. The number of nitrogens with zero attached hydrogens (tertiary/aromatic N) is 5. The van der Waals surface area contributed by atoms with Crippen LogP contribution in [0.25, 0.3) is 0 Å². The minimum Gasteiger partial charge on any atom is -0.396 e. The van der Waals surface area contributed by atoms with Crippen molar-refractivity contribution in [2.24, 2.45) is 0 Å². The van der Waals surface area contributed by atoms with Crippen molar-refractivity contribution >= 4 is 17.9 Å². The lowest BCUT2D eigenvalue weighted by atomic mass is 10.3. The molecule has 3 aromatic rings. The Labute approximate surface area is 195 Å². The number of amides is 1. The molecule has 7 nitrogen and oxygen atoms in total. The standard InChI is InChI=1S/C14H17F2N5O2S.C6H5F.C2H6/c1-9-12(4-17-20(9)8-13(15)16)24-21-6-10-5-19(7-11(10)18-21)14(23)2-3-22;7-6-4-2-1-3-5-6;1-2/h4,6,13,22H,2-3,5,7-8H2,1H3;1-5H;1-2H3. The van der Waals surface area contributed by atoms with Gasteiger partial charge < -0.3 is 10.0 Å². The number of fused-ring (bicyclic) bond motifs is 1. The lowest BCUT2D eigenvalue weighted by Gasteiger charge is -2.14. The zero-order chi connectivity index (χ0) is 24.4. The number of carbonyl (C=O) groups excluding carboxylic acids is 1. The molecule has 0 saturated heterocycles. The Morgan fingerprint density at radius 1 is 1.21 bits per heavy atom. The number of hydrogen-bond acceptors (Lipinski definition) is 5. The first kappa shape index (κ1) is 26.5. The molecular weight excluding hydrogens is 455 g/mol. The molecule has 1 aliphatic heterocycles. The van der Waals surface area contributed by atoms with Crippen LogP contribution in [-0.2, 0) is 24.4 Å². The Balaban J connectivity index is 0.000000362. The van der Waals surface area contributed by atoms with Crippen molar-refractivity contribution in [2.45, 2.75) is 58.1 Å². The second kappa shape index (κ2) is 13.0. The van der Waals surface area contributed by atoms with E-state index in [4.69, 9.17) is 5.11 Å². The number of rotatable bonds is 6. The summed E-state index contributed by atoms with van der Waals surface area (Å²) in [5, 5.41) is 17.2. The first-order valence-corrected chi connectivity index (χ1v) is 11.3. The minimum absolute atomic E-state index is 0.0983. The van der Waals surface area contributed by atoms with Gasteiger partial charge in [0.05, 0.1) is 35.6 Å². The van der Waals surface area contributed by atoms with Crippen molar-refractivity contribution in [1.29, 1.82) is 0 Å². The molecule has 0 saturated carbocycles. The fourth-order valence-corrected chi connectivity index (χ4v) is 3.81. The van der Waals surface area contributed by atoms with Crippen molar-refractivity contribution in [3.05, 3.63) is 65.5 Å². The van der Waals surface area contributed by atoms with Gasteiger partial charge in [0.15, 0.2) is 0 Å². The fraction of sp³-hybridized carbons (Fsp3) is 0.409. The Kier molecular flexibility index (Phi) is 10.5. The first-order valence-electron chi connectivity index (χ1n) is 10.5. The Bertz CT molecular complexity index is 987. The van der Waals surface area contributed by atoms with Gasteiger partial charge in [0.1, 0.15) is 12.4 Å². The van der Waals surface area contributed by atoms with Crippen LogP contribution >= 0.6 is 11.9 Å². The van der Waals surface area contributed by atoms with E-state index in [-0.39, 0.29) is 24.8 Å². The van der Waals surface area contributed by atoms with E-state index in [0.29, 0.717) is 18.8 Å². The Hall–Kier alpha value is -2.79. The van der Waals surface area contributed by atoms with Gasteiger partial charge in [-0.3, -0.25) is 9.48 Å². The zero-order valence-electron chi connectivity index (χ0n) is 18.8. The smallest absolute Gasteiger partial charge is 0.257 e. The highest BCUT2D eigenvalue weighted by Crippen LogP contribution is 2.28. The molecule has 180 valence electrons. The van der Waals surface area contributed by atoms with Crippen molar-refractivity contribution in [2.75, 3.05) is 6.61 Å². The van der Waals surface area contributed by atoms with Gasteiger partial charge >= 0.3 is 0 Å². The summed E-state index contributed by atoms with van der Waals surface area (Å²) in [5.41, 5.74) is 2.42. The molecule has 0 aliphatic carbocycles. The van der Waals surface area contributed by atoms with Gasteiger partial charge in [0, 0.05) is 36.7 Å². The molecule has 1 N–H and O–H groups in total. The minimum atomic E-state index is -2.45. The molecular formula is C22H28F3N5O2S. The fourth-order valence-electron chi connectivity index (χ4n) is 2.95. The highest BCUT2D eigenvalue weighted by molar-refractivity contribution is 7.97. The summed E-state index contributed by atoms with van der Waals surface area (Å²) in [6.07, 6.45) is 1.04. The van der Waals surface area contributed by atoms with Crippen molar-refractivity contribution in [1.82, 2.24) is 23.9 Å². The van der Waals surface area contributed by atoms with E-state index in [9.17, 15) is 18.0 Å². The summed E-state index contributed by atoms with van der Waals surface area (Å²) < 4.78 is 39.8. The van der Waals surface area contributed by atoms with Gasteiger partial charge in [-0.05, 0) is 19.1 Å². The van der Waals surface area contributed by atoms with Crippen LogP contribution in [0.1, 0.15) is 37.2 Å². The number of aliphatic hydroxyl groups is 1. The molecule has 1 amide bonds. The summed E-state index contributed by atoms with van der Waals surface area (Å²) >= 11 is 1.30. The molecule has 0 spiro atoms. The lowest BCUT2D eigenvalue weighted by Crippen LogP contribution is -2.26. The molecule has 3 heterocycles. The van der Waals surface area contributed by atoms with Crippen molar-refractivity contribution < 1.29 is 23.1 Å². The third-order valence-electron chi connectivity index (χ3n) is 4.53. The van der Waals surface area contributed by atoms with Gasteiger partial charge in [0.25, 0.3) is 6.43 Å². The van der Waals surface area contributed by atoms with E-state index in [1.165, 1.54) is 28.8 Å². The lowest BCUT2D eigenvalue weighted by molar-refractivity contribution is -0.132. The van der Waals surface area contributed by atoms with Crippen LogP contribution in [0, 0.1) is 12.7 Å². The van der Waals surface area contributed by atoms with E-state index >= 15 is 0 Å². The van der Waals surface area contributed by atoms with Crippen LogP contribution in [0.3, 0.4) is 0 Å². The topological polar surface area (TPSA) is 76.2 Å². The molecule has 0 atom stereocenters. The molecule has 1 aliphatic rings. The Morgan fingerprint density at radius 2 is 1.91 bits per heavy atom.